The van der Waals surface area contributed by atoms with E-state index in [1.165, 1.54) is 23.1 Å². The van der Waals surface area contributed by atoms with Gasteiger partial charge in [0.1, 0.15) is 0 Å². The minimum atomic E-state index is 0. The van der Waals surface area contributed by atoms with Crippen molar-refractivity contribution in [3.05, 3.63) is 47.5 Å². The minimum absolute atomic E-state index is 0. The molecule has 0 amide bonds. The van der Waals surface area contributed by atoms with Crippen molar-refractivity contribution in [2.75, 3.05) is 26.2 Å². The summed E-state index contributed by atoms with van der Waals surface area (Å²) in [4.78, 5) is 2.62. The number of nitrogens with one attached hydrogen (secondary N) is 1. The molecule has 0 saturated carbocycles. The van der Waals surface area contributed by atoms with E-state index >= 15 is 0 Å². The first-order chi connectivity index (χ1) is 9.20. The molecular weight excluding hydrogens is 303 g/mol. The van der Waals surface area contributed by atoms with Gasteiger partial charge in [-0.2, -0.15) is 0 Å². The Hall–Kier alpha value is -0.540. The molecule has 21 heavy (non-hydrogen) atoms. The van der Waals surface area contributed by atoms with Gasteiger partial charge in [-0.1, -0.05) is 35.4 Å². The van der Waals surface area contributed by atoms with Crippen LogP contribution >= 0.6 is 24.8 Å². The van der Waals surface area contributed by atoms with Gasteiger partial charge >= 0.3 is 0 Å². The first-order valence-corrected chi connectivity index (χ1v) is 7.34. The lowest BCUT2D eigenvalue weighted by Gasteiger charge is -2.35. The lowest BCUT2D eigenvalue weighted by atomic mass is 9.96. The molecule has 1 saturated heterocycles. The Kier molecular flexibility index (Phi) is 9.97. The van der Waals surface area contributed by atoms with Crippen LogP contribution in [0, 0.1) is 13.8 Å². The molecule has 1 atom stereocenters. The van der Waals surface area contributed by atoms with Crippen LogP contribution in [0.4, 0.5) is 0 Å². The maximum Gasteiger partial charge on any atom is 0.0352 e. The fourth-order valence-electron chi connectivity index (χ4n) is 3.03. The quantitative estimate of drug-likeness (QED) is 0.819. The first kappa shape index (κ1) is 20.5. The lowest BCUT2D eigenvalue weighted by molar-refractivity contribution is 0.166. The summed E-state index contributed by atoms with van der Waals surface area (Å²) in [5.74, 6) is 0. The van der Waals surface area contributed by atoms with E-state index in [2.05, 4.69) is 48.8 Å². The van der Waals surface area contributed by atoms with Crippen LogP contribution in [0.1, 0.15) is 35.6 Å². The molecule has 1 aromatic carbocycles. The fourth-order valence-corrected chi connectivity index (χ4v) is 3.03. The van der Waals surface area contributed by atoms with Crippen LogP contribution in [0.2, 0.25) is 0 Å². The number of aryl methyl sites for hydroxylation is 2. The Morgan fingerprint density at radius 2 is 1.71 bits per heavy atom. The van der Waals surface area contributed by atoms with Crippen molar-refractivity contribution in [3.63, 3.8) is 0 Å². The molecule has 4 heteroatoms. The van der Waals surface area contributed by atoms with Gasteiger partial charge in [-0.05, 0) is 32.3 Å². The Morgan fingerprint density at radius 3 is 2.24 bits per heavy atom. The largest absolute Gasteiger partial charge is 0.314 e. The second kappa shape index (κ2) is 10.2. The highest BCUT2D eigenvalue weighted by Gasteiger charge is 2.21. The lowest BCUT2D eigenvalue weighted by Crippen LogP contribution is -2.45. The molecule has 0 aliphatic carbocycles. The number of rotatable bonds is 5. The summed E-state index contributed by atoms with van der Waals surface area (Å²) < 4.78 is 0. The van der Waals surface area contributed by atoms with Gasteiger partial charge in [0.15, 0.2) is 0 Å². The molecule has 1 N–H and O–H groups in total. The van der Waals surface area contributed by atoms with Gasteiger partial charge in [-0.3, -0.25) is 4.90 Å². The number of piperazine rings is 1. The summed E-state index contributed by atoms with van der Waals surface area (Å²) in [7, 11) is 0. The van der Waals surface area contributed by atoms with Gasteiger partial charge < -0.3 is 5.32 Å². The maximum absolute atomic E-state index is 3.88. The standard InChI is InChI=1S/C17H26N2.2ClH/c1-4-5-6-17(19-9-7-18-8-10-19)16-12-14(2)11-15(3)13-16;;/h4,11-13,17-18H,1,5-10H2,2-3H3;2*1H/t17-;;/m1../s1. The second-order valence-corrected chi connectivity index (χ2v) is 5.59. The number of hydrogen-bond acceptors (Lipinski definition) is 2. The third-order valence-electron chi connectivity index (χ3n) is 3.87. The maximum atomic E-state index is 3.88. The summed E-state index contributed by atoms with van der Waals surface area (Å²) >= 11 is 0. The Morgan fingerprint density at radius 1 is 1.14 bits per heavy atom. The van der Waals surface area contributed by atoms with Crippen LogP contribution in [0.3, 0.4) is 0 Å². The third kappa shape index (κ3) is 5.99. The summed E-state index contributed by atoms with van der Waals surface area (Å²) in [6.07, 6.45) is 4.30. The van der Waals surface area contributed by atoms with E-state index in [0.717, 1.165) is 32.6 Å². The predicted molar refractivity (Wildman–Crippen MR) is 97.0 cm³/mol. The smallest absolute Gasteiger partial charge is 0.0352 e. The van der Waals surface area contributed by atoms with Crippen LogP contribution < -0.4 is 5.32 Å². The average molecular weight is 331 g/mol. The van der Waals surface area contributed by atoms with Crippen LogP contribution in [-0.2, 0) is 0 Å². The van der Waals surface area contributed by atoms with Crippen molar-refractivity contribution in [2.45, 2.75) is 32.7 Å². The predicted octanol–water partition coefficient (Wildman–Crippen LogP) is 4.06. The molecule has 2 nitrogen and oxygen atoms in total. The first-order valence-electron chi connectivity index (χ1n) is 7.34. The second-order valence-electron chi connectivity index (χ2n) is 5.59. The van der Waals surface area contributed by atoms with Crippen molar-refractivity contribution in [2.24, 2.45) is 0 Å². The number of nitrogens with zero attached hydrogens (tertiary/aromatic N) is 1. The number of halogens is 2. The zero-order valence-corrected chi connectivity index (χ0v) is 14.7. The molecule has 0 unspecified atom stereocenters. The molecule has 0 radical (unpaired) electrons. The Bertz CT molecular complexity index is 409. The minimum Gasteiger partial charge on any atom is -0.314 e. The summed E-state index contributed by atoms with van der Waals surface area (Å²) in [6, 6.07) is 7.50. The van der Waals surface area contributed by atoms with E-state index in [1.54, 1.807) is 0 Å². The fraction of sp³-hybridized carbons (Fsp3) is 0.529. The van der Waals surface area contributed by atoms with Crippen LogP contribution in [0.5, 0.6) is 0 Å². The van der Waals surface area contributed by atoms with E-state index in [1.807, 2.05) is 6.08 Å². The molecule has 0 aromatic heterocycles. The van der Waals surface area contributed by atoms with Crippen LogP contribution in [-0.4, -0.2) is 31.1 Å². The van der Waals surface area contributed by atoms with E-state index < -0.39 is 0 Å². The average Bonchev–Trinajstić information content (AvgIpc) is 2.39. The van der Waals surface area contributed by atoms with E-state index in [4.69, 9.17) is 0 Å². The number of allylic oxidation sites excluding steroid dienone is 1. The third-order valence-corrected chi connectivity index (χ3v) is 3.87. The van der Waals surface area contributed by atoms with E-state index in [0.29, 0.717) is 6.04 Å². The van der Waals surface area contributed by atoms with E-state index in [9.17, 15) is 0 Å². The van der Waals surface area contributed by atoms with Gasteiger partial charge in [0.05, 0.1) is 0 Å². The van der Waals surface area contributed by atoms with Gasteiger partial charge in [-0.25, -0.2) is 0 Å². The molecule has 0 bridgehead atoms. The molecule has 1 heterocycles. The highest BCUT2D eigenvalue weighted by molar-refractivity contribution is 5.85. The van der Waals surface area contributed by atoms with Crippen molar-refractivity contribution < 1.29 is 0 Å². The van der Waals surface area contributed by atoms with Gasteiger partial charge in [0.25, 0.3) is 0 Å². The molecule has 1 aliphatic rings. The monoisotopic (exact) mass is 330 g/mol. The zero-order valence-electron chi connectivity index (χ0n) is 13.1. The summed E-state index contributed by atoms with van der Waals surface area (Å²) in [5, 5.41) is 3.44. The van der Waals surface area contributed by atoms with Crippen LogP contribution in [0.25, 0.3) is 0 Å². The van der Waals surface area contributed by atoms with Crippen molar-refractivity contribution in [1.29, 1.82) is 0 Å². The molecular formula is C17H28Cl2N2. The topological polar surface area (TPSA) is 15.3 Å². The Balaban J connectivity index is 0.00000200. The molecule has 1 fully saturated rings. The summed E-state index contributed by atoms with van der Waals surface area (Å²) in [5.41, 5.74) is 4.21. The normalized spacial score (nSPS) is 16.5. The molecule has 2 rings (SSSR count). The number of hydrogen-bond donors (Lipinski definition) is 1. The van der Waals surface area contributed by atoms with Crippen molar-refractivity contribution >= 4 is 24.8 Å². The summed E-state index contributed by atoms with van der Waals surface area (Å²) in [6.45, 7) is 12.8. The molecule has 1 aromatic rings. The molecule has 120 valence electrons. The van der Waals surface area contributed by atoms with Crippen molar-refractivity contribution in [1.82, 2.24) is 10.2 Å². The van der Waals surface area contributed by atoms with E-state index in [-0.39, 0.29) is 24.8 Å². The van der Waals surface area contributed by atoms with Crippen molar-refractivity contribution in [3.8, 4) is 0 Å². The number of benzene rings is 1. The highest BCUT2D eigenvalue weighted by atomic mass is 35.5. The van der Waals surface area contributed by atoms with Gasteiger partial charge in [0.2, 0.25) is 0 Å². The highest BCUT2D eigenvalue weighted by Crippen LogP contribution is 2.27. The van der Waals surface area contributed by atoms with Gasteiger partial charge in [-0.15, -0.1) is 31.4 Å². The zero-order chi connectivity index (χ0) is 13.7. The molecule has 1 aliphatic heterocycles. The van der Waals surface area contributed by atoms with Gasteiger partial charge in [0, 0.05) is 32.2 Å². The Labute approximate surface area is 141 Å². The molecule has 0 spiro atoms. The SMILES string of the molecule is C=CCC[C@H](c1cc(C)cc(C)c1)N1CCNCC1.Cl.Cl. The van der Waals surface area contributed by atoms with Crippen LogP contribution in [0.15, 0.2) is 30.9 Å².